The van der Waals surface area contributed by atoms with E-state index in [-0.39, 0.29) is 18.6 Å². The molecule has 1 amide bonds. The number of carboxylic acids is 2. The molecule has 1 atom stereocenters. The standard InChI is InChI=1S/C9H13NO6/c1-5(11)2-3-6(9(15)16)10-7(12)4-8(13)14/h6H,2-4H2,1H3,(H,10,12)(H,13,14)(H,15,16). The molecule has 0 radical (unpaired) electrons. The lowest BCUT2D eigenvalue weighted by Gasteiger charge is -2.12. The highest BCUT2D eigenvalue weighted by Crippen LogP contribution is 1.99. The number of hydrogen-bond donors (Lipinski definition) is 3. The fourth-order valence-corrected chi connectivity index (χ4v) is 0.988. The predicted octanol–water partition coefficient (Wildman–Crippen LogP) is -0.600. The van der Waals surface area contributed by atoms with E-state index in [0.29, 0.717) is 0 Å². The van der Waals surface area contributed by atoms with Crippen LogP contribution >= 0.6 is 0 Å². The second kappa shape index (κ2) is 6.54. The van der Waals surface area contributed by atoms with Crippen LogP contribution in [-0.2, 0) is 19.2 Å². The summed E-state index contributed by atoms with van der Waals surface area (Å²) in [7, 11) is 0. The zero-order valence-electron chi connectivity index (χ0n) is 8.73. The molecule has 0 aromatic heterocycles. The van der Waals surface area contributed by atoms with Crippen molar-refractivity contribution in [2.45, 2.75) is 32.2 Å². The number of rotatable bonds is 7. The summed E-state index contributed by atoms with van der Waals surface area (Å²) in [6.45, 7) is 1.30. The highest BCUT2D eigenvalue weighted by atomic mass is 16.4. The molecule has 7 nitrogen and oxygen atoms in total. The molecule has 16 heavy (non-hydrogen) atoms. The fraction of sp³-hybridized carbons (Fsp3) is 0.556. The van der Waals surface area contributed by atoms with Crippen LogP contribution in [0.3, 0.4) is 0 Å². The van der Waals surface area contributed by atoms with Crippen LogP contribution in [-0.4, -0.2) is 39.9 Å². The molecule has 0 aliphatic rings. The molecule has 3 N–H and O–H groups in total. The van der Waals surface area contributed by atoms with Crippen molar-refractivity contribution < 1.29 is 29.4 Å². The largest absolute Gasteiger partial charge is 0.481 e. The number of aliphatic carboxylic acids is 2. The van der Waals surface area contributed by atoms with Gasteiger partial charge in [0, 0.05) is 6.42 Å². The summed E-state index contributed by atoms with van der Waals surface area (Å²) in [4.78, 5) is 42.4. The van der Waals surface area contributed by atoms with Crippen LogP contribution in [0.25, 0.3) is 0 Å². The average molecular weight is 231 g/mol. The minimum Gasteiger partial charge on any atom is -0.481 e. The third-order valence-corrected chi connectivity index (χ3v) is 1.73. The molecular formula is C9H13NO6. The van der Waals surface area contributed by atoms with E-state index in [1.165, 1.54) is 6.92 Å². The first-order chi connectivity index (χ1) is 7.32. The summed E-state index contributed by atoms with van der Waals surface area (Å²) in [6.07, 6.45) is -0.815. The molecule has 1 unspecified atom stereocenters. The molecule has 0 fully saturated rings. The van der Waals surface area contributed by atoms with Gasteiger partial charge < -0.3 is 20.3 Å². The Balaban J connectivity index is 4.22. The van der Waals surface area contributed by atoms with Gasteiger partial charge in [-0.3, -0.25) is 9.59 Å². The molecule has 0 saturated carbocycles. The lowest BCUT2D eigenvalue weighted by molar-refractivity contribution is -0.145. The monoisotopic (exact) mass is 231 g/mol. The van der Waals surface area contributed by atoms with Crippen molar-refractivity contribution in [2.24, 2.45) is 0 Å². The summed E-state index contributed by atoms with van der Waals surface area (Å²) in [5.41, 5.74) is 0. The van der Waals surface area contributed by atoms with Crippen LogP contribution in [0.5, 0.6) is 0 Å². The second-order valence-corrected chi connectivity index (χ2v) is 3.27. The molecule has 90 valence electrons. The zero-order valence-corrected chi connectivity index (χ0v) is 8.73. The van der Waals surface area contributed by atoms with Gasteiger partial charge in [-0.1, -0.05) is 0 Å². The Hall–Kier alpha value is -1.92. The number of carbonyl (C=O) groups excluding carboxylic acids is 2. The van der Waals surface area contributed by atoms with E-state index in [0.717, 1.165) is 0 Å². The van der Waals surface area contributed by atoms with E-state index in [4.69, 9.17) is 10.2 Å². The Labute approximate surface area is 91.4 Å². The highest BCUT2D eigenvalue weighted by molar-refractivity contribution is 5.95. The maximum absolute atomic E-state index is 11.0. The molecule has 0 saturated heterocycles. The van der Waals surface area contributed by atoms with Crippen molar-refractivity contribution in [3.63, 3.8) is 0 Å². The van der Waals surface area contributed by atoms with Crippen molar-refractivity contribution in [3.05, 3.63) is 0 Å². The topological polar surface area (TPSA) is 121 Å². The molecule has 7 heteroatoms. The van der Waals surface area contributed by atoms with Crippen LogP contribution in [0.2, 0.25) is 0 Å². The first-order valence-electron chi connectivity index (χ1n) is 4.56. The second-order valence-electron chi connectivity index (χ2n) is 3.27. The molecular weight excluding hydrogens is 218 g/mol. The van der Waals surface area contributed by atoms with Crippen LogP contribution in [0.15, 0.2) is 0 Å². The number of nitrogens with one attached hydrogen (secondary N) is 1. The Morgan fingerprint density at radius 2 is 1.75 bits per heavy atom. The summed E-state index contributed by atoms with van der Waals surface area (Å²) in [5.74, 6) is -3.71. The van der Waals surface area contributed by atoms with Crippen molar-refractivity contribution >= 4 is 23.6 Å². The van der Waals surface area contributed by atoms with E-state index in [9.17, 15) is 19.2 Å². The van der Waals surface area contributed by atoms with E-state index in [1.807, 2.05) is 5.32 Å². The summed E-state index contributed by atoms with van der Waals surface area (Å²) in [5, 5.41) is 19.0. The van der Waals surface area contributed by atoms with E-state index < -0.39 is 30.3 Å². The van der Waals surface area contributed by atoms with E-state index in [1.54, 1.807) is 0 Å². The maximum Gasteiger partial charge on any atom is 0.326 e. The van der Waals surface area contributed by atoms with Gasteiger partial charge in [-0.25, -0.2) is 4.79 Å². The minimum atomic E-state index is -1.34. The van der Waals surface area contributed by atoms with Crippen molar-refractivity contribution in [3.8, 4) is 0 Å². The Kier molecular flexibility index (Phi) is 5.76. The van der Waals surface area contributed by atoms with Gasteiger partial charge in [0.2, 0.25) is 5.91 Å². The fourth-order valence-electron chi connectivity index (χ4n) is 0.988. The lowest BCUT2D eigenvalue weighted by atomic mass is 10.1. The van der Waals surface area contributed by atoms with Crippen LogP contribution in [0, 0.1) is 0 Å². The van der Waals surface area contributed by atoms with Crippen LogP contribution in [0.1, 0.15) is 26.2 Å². The Morgan fingerprint density at radius 1 is 1.19 bits per heavy atom. The van der Waals surface area contributed by atoms with Crippen molar-refractivity contribution in [1.29, 1.82) is 0 Å². The summed E-state index contributed by atoms with van der Waals surface area (Å²) < 4.78 is 0. The van der Waals surface area contributed by atoms with E-state index in [2.05, 4.69) is 0 Å². The SMILES string of the molecule is CC(=O)CCC(NC(=O)CC(=O)O)C(=O)O. The third kappa shape index (κ3) is 6.52. The molecule has 0 rings (SSSR count). The highest BCUT2D eigenvalue weighted by Gasteiger charge is 2.21. The third-order valence-electron chi connectivity index (χ3n) is 1.73. The van der Waals surface area contributed by atoms with Crippen LogP contribution in [0.4, 0.5) is 0 Å². The Morgan fingerprint density at radius 3 is 2.12 bits per heavy atom. The van der Waals surface area contributed by atoms with E-state index >= 15 is 0 Å². The number of carbonyl (C=O) groups is 4. The molecule has 0 aliphatic heterocycles. The number of carboxylic acid groups (broad SMARTS) is 2. The molecule has 0 aromatic carbocycles. The van der Waals surface area contributed by atoms with Crippen molar-refractivity contribution in [2.75, 3.05) is 0 Å². The van der Waals surface area contributed by atoms with Gasteiger partial charge in [0.05, 0.1) is 0 Å². The van der Waals surface area contributed by atoms with Gasteiger partial charge in [-0.05, 0) is 13.3 Å². The number of Topliss-reactive ketones (excluding diaryl/α,β-unsaturated/α-hetero) is 1. The van der Waals surface area contributed by atoms with Gasteiger partial charge in [0.25, 0.3) is 0 Å². The van der Waals surface area contributed by atoms with Crippen LogP contribution < -0.4 is 5.32 Å². The van der Waals surface area contributed by atoms with Gasteiger partial charge in [0.1, 0.15) is 18.2 Å². The molecule has 0 aliphatic carbocycles. The molecule has 0 bridgehead atoms. The number of amides is 1. The van der Waals surface area contributed by atoms with Gasteiger partial charge >= 0.3 is 11.9 Å². The first kappa shape index (κ1) is 14.1. The normalized spacial score (nSPS) is 11.6. The number of ketones is 1. The molecule has 0 heterocycles. The smallest absolute Gasteiger partial charge is 0.326 e. The maximum atomic E-state index is 11.0. The summed E-state index contributed by atoms with van der Waals surface area (Å²) >= 11 is 0. The molecule has 0 spiro atoms. The first-order valence-corrected chi connectivity index (χ1v) is 4.56. The summed E-state index contributed by atoms with van der Waals surface area (Å²) in [6, 6.07) is -1.23. The lowest BCUT2D eigenvalue weighted by Crippen LogP contribution is -2.41. The Bertz CT molecular complexity index is 311. The molecule has 0 aromatic rings. The predicted molar refractivity (Wildman–Crippen MR) is 51.7 cm³/mol. The van der Waals surface area contributed by atoms with Gasteiger partial charge in [0.15, 0.2) is 0 Å². The quantitative estimate of drug-likeness (QED) is 0.503. The average Bonchev–Trinajstić information content (AvgIpc) is 2.09. The minimum absolute atomic E-state index is 0.0182. The van der Waals surface area contributed by atoms with Gasteiger partial charge in [-0.15, -0.1) is 0 Å². The zero-order chi connectivity index (χ0) is 12.7. The number of hydrogen-bond acceptors (Lipinski definition) is 4. The van der Waals surface area contributed by atoms with Crippen molar-refractivity contribution in [1.82, 2.24) is 5.32 Å². The van der Waals surface area contributed by atoms with Gasteiger partial charge in [-0.2, -0.15) is 0 Å².